The fourth-order valence-electron chi connectivity index (χ4n) is 3.83. The van der Waals surface area contributed by atoms with Crippen molar-refractivity contribution in [2.24, 2.45) is 5.92 Å². The lowest BCUT2D eigenvalue weighted by atomic mass is 9.85. The van der Waals surface area contributed by atoms with E-state index < -0.39 is 19.1 Å². The van der Waals surface area contributed by atoms with Crippen LogP contribution in [-0.4, -0.2) is 50.8 Å². The van der Waals surface area contributed by atoms with E-state index in [-0.39, 0.29) is 30.0 Å². The van der Waals surface area contributed by atoms with Gasteiger partial charge in [-0.1, -0.05) is 51.7 Å². The lowest BCUT2D eigenvalue weighted by Gasteiger charge is -2.27. The second-order valence-electron chi connectivity index (χ2n) is 9.88. The zero-order valence-corrected chi connectivity index (χ0v) is 20.9. The van der Waals surface area contributed by atoms with Crippen molar-refractivity contribution >= 4 is 25.8 Å². The third kappa shape index (κ3) is 11.3. The summed E-state index contributed by atoms with van der Waals surface area (Å²) in [6, 6.07) is 6.09. The number of benzene rings is 1. The van der Waals surface area contributed by atoms with Crippen LogP contribution >= 0.6 is 0 Å². The molecule has 1 atom stereocenters. The molecular weight excluding hydrogens is 442 g/mol. The third-order valence-corrected chi connectivity index (χ3v) is 7.40. The molecule has 2 N–H and O–H groups in total. The summed E-state index contributed by atoms with van der Waals surface area (Å²) in [5.41, 5.74) is -0.0705. The van der Waals surface area contributed by atoms with Gasteiger partial charge in [-0.3, -0.25) is 14.9 Å². The van der Waals surface area contributed by atoms with Crippen LogP contribution in [0.5, 0.6) is 5.75 Å². The van der Waals surface area contributed by atoms with Gasteiger partial charge in [-0.25, -0.2) is 4.79 Å². The minimum absolute atomic E-state index is 0.0705. The average Bonchev–Trinajstić information content (AvgIpc) is 2.73. The van der Waals surface area contributed by atoms with Gasteiger partial charge in [-0.05, 0) is 30.5 Å². The van der Waals surface area contributed by atoms with E-state index >= 15 is 0 Å². The minimum Gasteiger partial charge on any atom is -0.465 e. The smallest absolute Gasteiger partial charge is 0.412 e. The number of esters is 1. The quantitative estimate of drug-likeness (QED) is 0.196. The molecule has 1 aromatic rings. The highest BCUT2D eigenvalue weighted by Crippen LogP contribution is 2.27. The van der Waals surface area contributed by atoms with Gasteiger partial charge in [0.1, 0.15) is 5.75 Å². The molecule has 1 aromatic carbocycles. The Labute approximate surface area is 196 Å². The van der Waals surface area contributed by atoms with Gasteiger partial charge < -0.3 is 20.1 Å². The van der Waals surface area contributed by atoms with E-state index in [1.807, 2.05) is 0 Å². The molecule has 1 amide bonds. The number of hydrogen-bond donors (Lipinski definition) is 2. The lowest BCUT2D eigenvalue weighted by molar-refractivity contribution is -0.384. The van der Waals surface area contributed by atoms with Gasteiger partial charge in [0.2, 0.25) is 0 Å². The summed E-state index contributed by atoms with van der Waals surface area (Å²) in [6.45, 7) is 7.66. The number of nitro groups is 1. The molecule has 1 saturated carbocycles. The van der Waals surface area contributed by atoms with Gasteiger partial charge >= 0.3 is 12.1 Å². The molecule has 2 rings (SSSR count). The molecule has 0 aromatic heterocycles. The number of carbonyl (C=O) groups excluding carboxylic acids is 2. The van der Waals surface area contributed by atoms with Crippen molar-refractivity contribution in [2.75, 3.05) is 19.7 Å². The molecule has 1 aliphatic rings. The number of hydrogen-bond acceptors (Lipinski definition) is 7. The van der Waals surface area contributed by atoms with Crippen LogP contribution in [0.1, 0.15) is 38.5 Å². The van der Waals surface area contributed by atoms with Crippen molar-refractivity contribution < 1.29 is 24.0 Å². The minimum atomic E-state index is -1.25. The van der Waals surface area contributed by atoms with Gasteiger partial charge in [0.25, 0.3) is 5.69 Å². The molecule has 0 saturated heterocycles. The highest BCUT2D eigenvalue weighted by molar-refractivity contribution is 6.76. The molecule has 9 nitrogen and oxygen atoms in total. The summed E-state index contributed by atoms with van der Waals surface area (Å²) >= 11 is 0. The molecule has 0 heterocycles. The number of amides is 1. The zero-order chi connectivity index (χ0) is 24.3. The van der Waals surface area contributed by atoms with E-state index in [2.05, 4.69) is 30.3 Å². The van der Waals surface area contributed by atoms with Gasteiger partial charge in [0.15, 0.2) is 0 Å². The average molecular weight is 480 g/mol. The summed E-state index contributed by atoms with van der Waals surface area (Å²) in [5, 5.41) is 16.8. The number of ether oxygens (including phenoxy) is 2. The normalized spacial score (nSPS) is 15.5. The fraction of sp³-hybridized carbons (Fsp3) is 0.652. The van der Waals surface area contributed by atoms with E-state index in [0.29, 0.717) is 19.1 Å². The number of rotatable bonds is 12. The number of carbonyl (C=O) groups is 2. The Hall–Kier alpha value is -2.46. The SMILES string of the molecule is C[Si](C)(C)CCOC(=O)CNC[C@H](CC1CCCCC1)NC(=O)Oc1ccc([N+](=O)[O-])cc1. The van der Waals surface area contributed by atoms with Crippen LogP contribution in [-0.2, 0) is 9.53 Å². The Balaban J connectivity index is 1.84. The fourth-order valence-corrected chi connectivity index (χ4v) is 4.54. The number of nitro benzene ring substituents is 1. The van der Waals surface area contributed by atoms with Crippen molar-refractivity contribution in [1.82, 2.24) is 10.6 Å². The van der Waals surface area contributed by atoms with Crippen molar-refractivity contribution in [2.45, 2.75) is 70.3 Å². The van der Waals surface area contributed by atoms with E-state index in [9.17, 15) is 19.7 Å². The largest absolute Gasteiger partial charge is 0.465 e. The first-order valence-corrected chi connectivity index (χ1v) is 15.4. The van der Waals surface area contributed by atoms with Crippen LogP contribution in [0.25, 0.3) is 0 Å². The van der Waals surface area contributed by atoms with Crippen molar-refractivity contribution in [3.05, 3.63) is 34.4 Å². The van der Waals surface area contributed by atoms with E-state index in [0.717, 1.165) is 25.3 Å². The molecule has 184 valence electrons. The lowest BCUT2D eigenvalue weighted by Crippen LogP contribution is -2.45. The van der Waals surface area contributed by atoms with Gasteiger partial charge in [0.05, 0.1) is 18.1 Å². The Bertz CT molecular complexity index is 775. The molecule has 0 spiro atoms. The molecule has 1 aliphatic carbocycles. The third-order valence-electron chi connectivity index (χ3n) is 5.70. The van der Waals surface area contributed by atoms with Crippen LogP contribution < -0.4 is 15.4 Å². The van der Waals surface area contributed by atoms with Crippen molar-refractivity contribution in [1.29, 1.82) is 0 Å². The van der Waals surface area contributed by atoms with Gasteiger partial charge in [0, 0.05) is 32.8 Å². The highest BCUT2D eigenvalue weighted by Gasteiger charge is 2.22. The molecule has 33 heavy (non-hydrogen) atoms. The monoisotopic (exact) mass is 479 g/mol. The van der Waals surface area contributed by atoms with Crippen LogP contribution in [0.4, 0.5) is 10.5 Å². The molecule has 0 aliphatic heterocycles. The second-order valence-corrected chi connectivity index (χ2v) is 15.5. The summed E-state index contributed by atoms with van der Waals surface area (Å²) in [7, 11) is -1.25. The Morgan fingerprint density at radius 2 is 1.82 bits per heavy atom. The number of nitrogens with one attached hydrogen (secondary N) is 2. The van der Waals surface area contributed by atoms with Crippen LogP contribution in [0.15, 0.2) is 24.3 Å². The van der Waals surface area contributed by atoms with E-state index in [1.165, 1.54) is 43.5 Å². The first-order chi connectivity index (χ1) is 15.6. The van der Waals surface area contributed by atoms with E-state index in [1.54, 1.807) is 0 Å². The van der Waals surface area contributed by atoms with Gasteiger partial charge in [-0.15, -0.1) is 0 Å². The van der Waals surface area contributed by atoms with Crippen molar-refractivity contribution in [3.8, 4) is 5.75 Å². The Morgan fingerprint density at radius 3 is 2.42 bits per heavy atom. The number of non-ortho nitro benzene ring substituents is 1. The molecule has 1 fully saturated rings. The molecule has 0 unspecified atom stereocenters. The maximum atomic E-state index is 12.4. The maximum Gasteiger partial charge on any atom is 0.412 e. The number of nitrogens with zero attached hydrogens (tertiary/aromatic N) is 1. The van der Waals surface area contributed by atoms with Crippen molar-refractivity contribution in [3.63, 3.8) is 0 Å². The summed E-state index contributed by atoms with van der Waals surface area (Å²) in [4.78, 5) is 34.7. The molecule has 0 bridgehead atoms. The van der Waals surface area contributed by atoms with Gasteiger partial charge in [-0.2, -0.15) is 0 Å². The Kier molecular flexibility index (Phi) is 10.8. The first kappa shape index (κ1) is 26.8. The molecular formula is C23H37N3O6Si. The molecule has 0 radical (unpaired) electrons. The zero-order valence-electron chi connectivity index (χ0n) is 19.9. The highest BCUT2D eigenvalue weighted by atomic mass is 28.3. The maximum absolute atomic E-state index is 12.4. The molecule has 10 heteroatoms. The standard InChI is InChI=1S/C23H37N3O6Si/c1-33(2,3)14-13-31-22(27)17-24-16-19(15-18-7-5-4-6-8-18)25-23(28)32-21-11-9-20(10-12-21)26(29)30/h9-12,18-19,24H,4-8,13-17H2,1-3H3,(H,25,28)/t19-/m0/s1. The van der Waals surface area contributed by atoms with E-state index in [4.69, 9.17) is 9.47 Å². The predicted octanol–water partition coefficient (Wildman–Crippen LogP) is 4.49. The van der Waals surface area contributed by atoms with Crippen LogP contribution in [0.2, 0.25) is 25.7 Å². The predicted molar refractivity (Wildman–Crippen MR) is 129 cm³/mol. The Morgan fingerprint density at radius 1 is 1.15 bits per heavy atom. The summed E-state index contributed by atoms with van der Waals surface area (Å²) in [5.74, 6) is 0.459. The summed E-state index contributed by atoms with van der Waals surface area (Å²) < 4.78 is 10.6. The topological polar surface area (TPSA) is 120 Å². The van der Waals surface area contributed by atoms with Crippen LogP contribution in [0.3, 0.4) is 0 Å². The first-order valence-electron chi connectivity index (χ1n) is 11.7. The van der Waals surface area contributed by atoms with Crippen LogP contribution in [0, 0.1) is 16.0 Å². The second kappa shape index (κ2) is 13.3. The summed E-state index contributed by atoms with van der Waals surface area (Å²) in [6.07, 6.45) is 6.08.